The summed E-state index contributed by atoms with van der Waals surface area (Å²) in [7, 11) is 1.38. The van der Waals surface area contributed by atoms with Gasteiger partial charge in [0.15, 0.2) is 0 Å². The molecule has 0 radical (unpaired) electrons. The molecular weight excluding hydrogens is 270 g/mol. The maximum Gasteiger partial charge on any atom is 0.407 e. The Hall–Kier alpha value is -2.04. The van der Waals surface area contributed by atoms with E-state index in [9.17, 15) is 9.59 Å². The Kier molecular flexibility index (Phi) is 10.6. The number of hydrogen-bond acceptors (Lipinski definition) is 4. The summed E-state index contributed by atoms with van der Waals surface area (Å²) in [6.45, 7) is 6.74. The Labute approximate surface area is 126 Å². The molecule has 0 unspecified atom stereocenters. The highest BCUT2D eigenvalue weighted by Crippen LogP contribution is 1.98. The van der Waals surface area contributed by atoms with Crippen LogP contribution in [-0.4, -0.2) is 25.8 Å². The molecule has 0 aromatic heterocycles. The maximum absolute atomic E-state index is 11.2. The number of ether oxygens (including phenoxy) is 2. The zero-order chi connectivity index (χ0) is 16.1. The number of nitrogens with one attached hydrogen (secondary N) is 1. The van der Waals surface area contributed by atoms with Gasteiger partial charge in [0.2, 0.25) is 0 Å². The molecule has 118 valence electrons. The van der Waals surface area contributed by atoms with Crippen LogP contribution in [0.15, 0.2) is 30.3 Å². The van der Waals surface area contributed by atoms with Crippen LogP contribution in [0.3, 0.4) is 0 Å². The van der Waals surface area contributed by atoms with Crippen LogP contribution in [0.1, 0.15) is 32.8 Å². The van der Waals surface area contributed by atoms with Gasteiger partial charge >= 0.3 is 12.1 Å². The number of hydrogen-bond donors (Lipinski definition) is 1. The Morgan fingerprint density at radius 2 is 1.81 bits per heavy atom. The van der Waals surface area contributed by atoms with E-state index < -0.39 is 0 Å². The molecule has 21 heavy (non-hydrogen) atoms. The molecule has 0 heterocycles. The molecule has 0 spiro atoms. The zero-order valence-corrected chi connectivity index (χ0v) is 13.2. The van der Waals surface area contributed by atoms with E-state index >= 15 is 0 Å². The Bertz CT molecular complexity index is 398. The molecule has 0 atom stereocenters. The van der Waals surface area contributed by atoms with E-state index in [0.717, 1.165) is 5.56 Å². The number of alkyl carbamates (subject to hydrolysis) is 1. The molecule has 0 aliphatic heterocycles. The average molecular weight is 295 g/mol. The first kappa shape index (κ1) is 19.0. The predicted molar refractivity (Wildman–Crippen MR) is 81.8 cm³/mol. The first-order chi connectivity index (χ1) is 9.99. The molecule has 1 aromatic carbocycles. The molecular formula is C16H25NO4. The van der Waals surface area contributed by atoms with Crippen molar-refractivity contribution in [2.75, 3.05) is 13.7 Å². The number of carbonyl (C=O) groups excluding carboxylic acids is 2. The quantitative estimate of drug-likeness (QED) is 0.848. The van der Waals surface area contributed by atoms with Gasteiger partial charge in [0.05, 0.1) is 13.7 Å². The van der Waals surface area contributed by atoms with E-state index in [0.29, 0.717) is 25.5 Å². The minimum Gasteiger partial charge on any atom is -0.469 e. The van der Waals surface area contributed by atoms with Gasteiger partial charge in [-0.1, -0.05) is 51.1 Å². The highest BCUT2D eigenvalue weighted by atomic mass is 16.5. The summed E-state index contributed by atoms with van der Waals surface area (Å²) in [6.07, 6.45) is 0.115. The predicted octanol–water partition coefficient (Wildman–Crippen LogP) is 3.14. The Balaban J connectivity index is 0.000000567. The molecule has 0 aliphatic carbocycles. The van der Waals surface area contributed by atoms with Crippen LogP contribution in [0.25, 0.3) is 0 Å². The topological polar surface area (TPSA) is 64.6 Å². The summed E-state index contributed by atoms with van der Waals surface area (Å²) in [5.74, 6) is 0.211. The normalized spacial score (nSPS) is 9.38. The second-order valence-electron chi connectivity index (χ2n) is 4.76. The van der Waals surface area contributed by atoms with Crippen molar-refractivity contribution in [3.8, 4) is 0 Å². The van der Waals surface area contributed by atoms with E-state index in [1.54, 1.807) is 6.92 Å². The van der Waals surface area contributed by atoms with Crippen molar-refractivity contribution in [3.63, 3.8) is 0 Å². The van der Waals surface area contributed by atoms with Gasteiger partial charge in [0, 0.05) is 13.0 Å². The van der Waals surface area contributed by atoms with Crippen LogP contribution in [0, 0.1) is 5.92 Å². The summed E-state index contributed by atoms with van der Waals surface area (Å²) < 4.78 is 9.24. The van der Waals surface area contributed by atoms with Gasteiger partial charge in [-0.05, 0) is 11.5 Å². The van der Waals surface area contributed by atoms with Crippen molar-refractivity contribution >= 4 is 12.1 Å². The van der Waals surface area contributed by atoms with E-state index in [1.165, 1.54) is 7.11 Å². The molecule has 0 aliphatic rings. The van der Waals surface area contributed by atoms with Gasteiger partial charge in [-0.15, -0.1) is 0 Å². The largest absolute Gasteiger partial charge is 0.469 e. The fourth-order valence-electron chi connectivity index (χ4n) is 1.21. The molecule has 0 bridgehead atoms. The summed E-state index contributed by atoms with van der Waals surface area (Å²) in [5, 5.41) is 2.69. The molecule has 5 heteroatoms. The van der Waals surface area contributed by atoms with Gasteiger partial charge in [-0.3, -0.25) is 4.79 Å². The van der Waals surface area contributed by atoms with Gasteiger partial charge in [-0.2, -0.15) is 0 Å². The van der Waals surface area contributed by atoms with E-state index in [-0.39, 0.29) is 12.1 Å². The fraction of sp³-hybridized carbons (Fsp3) is 0.500. The highest BCUT2D eigenvalue weighted by molar-refractivity contribution is 5.68. The lowest BCUT2D eigenvalue weighted by Crippen LogP contribution is -2.25. The monoisotopic (exact) mass is 295 g/mol. The fourth-order valence-corrected chi connectivity index (χ4v) is 1.21. The third-order valence-electron chi connectivity index (χ3n) is 2.34. The van der Waals surface area contributed by atoms with Crippen LogP contribution in [0.2, 0.25) is 0 Å². The summed E-state index contributed by atoms with van der Waals surface area (Å²) in [4.78, 5) is 21.1. The number of methoxy groups -OCH3 is 1. The van der Waals surface area contributed by atoms with E-state index in [4.69, 9.17) is 4.74 Å². The Morgan fingerprint density at radius 1 is 1.19 bits per heavy atom. The summed E-state index contributed by atoms with van der Waals surface area (Å²) in [6, 6.07) is 9.75. The molecule has 0 saturated heterocycles. The van der Waals surface area contributed by atoms with Crippen molar-refractivity contribution in [2.24, 2.45) is 5.92 Å². The lowest BCUT2D eigenvalue weighted by atomic mass is 10.2. The number of carbonyl (C=O) groups is 2. The molecule has 5 nitrogen and oxygen atoms in total. The lowest BCUT2D eigenvalue weighted by molar-refractivity contribution is -0.140. The van der Waals surface area contributed by atoms with Gasteiger partial charge in [0.1, 0.15) is 0 Å². The van der Waals surface area contributed by atoms with Crippen molar-refractivity contribution < 1.29 is 19.1 Å². The number of esters is 1. The third-order valence-corrected chi connectivity index (χ3v) is 2.34. The molecule has 1 amide bonds. The second-order valence-corrected chi connectivity index (χ2v) is 4.76. The lowest BCUT2D eigenvalue weighted by Gasteiger charge is -2.08. The average Bonchev–Trinajstić information content (AvgIpc) is 2.51. The maximum atomic E-state index is 11.2. The molecule has 0 fully saturated rings. The standard InChI is InChI=1S/C12H17NO2.C4H8O2/c1-10(2)9-15-12(14)13-8-11-6-4-3-5-7-11;1-3-4(5)6-2/h3-7,10H,8-9H2,1-2H3,(H,13,14);3H2,1-2H3. The highest BCUT2D eigenvalue weighted by Gasteiger charge is 2.02. The van der Waals surface area contributed by atoms with Gasteiger partial charge in [0.25, 0.3) is 0 Å². The SMILES string of the molecule is CC(C)COC(=O)NCc1ccccc1.CCC(=O)OC. The first-order valence-corrected chi connectivity index (χ1v) is 7.00. The van der Waals surface area contributed by atoms with Gasteiger partial charge < -0.3 is 14.8 Å². The first-order valence-electron chi connectivity index (χ1n) is 7.00. The minimum atomic E-state index is -0.354. The molecule has 1 rings (SSSR count). The van der Waals surface area contributed by atoms with Crippen LogP contribution in [-0.2, 0) is 20.8 Å². The van der Waals surface area contributed by atoms with Crippen molar-refractivity contribution in [2.45, 2.75) is 33.7 Å². The van der Waals surface area contributed by atoms with Crippen molar-refractivity contribution in [1.82, 2.24) is 5.32 Å². The smallest absolute Gasteiger partial charge is 0.407 e. The molecule has 1 aromatic rings. The second kappa shape index (κ2) is 11.8. The molecule has 0 saturated carbocycles. The zero-order valence-electron chi connectivity index (χ0n) is 13.2. The minimum absolute atomic E-state index is 0.157. The van der Waals surface area contributed by atoms with E-state index in [2.05, 4.69) is 10.1 Å². The number of amides is 1. The van der Waals surface area contributed by atoms with Gasteiger partial charge in [-0.25, -0.2) is 4.79 Å². The van der Waals surface area contributed by atoms with Crippen LogP contribution in [0.4, 0.5) is 4.79 Å². The summed E-state index contributed by atoms with van der Waals surface area (Å²) in [5.41, 5.74) is 1.07. The number of rotatable bonds is 5. The summed E-state index contributed by atoms with van der Waals surface area (Å²) >= 11 is 0. The van der Waals surface area contributed by atoms with Crippen molar-refractivity contribution in [3.05, 3.63) is 35.9 Å². The van der Waals surface area contributed by atoms with Crippen LogP contribution < -0.4 is 5.32 Å². The third kappa shape index (κ3) is 11.5. The van der Waals surface area contributed by atoms with Crippen LogP contribution in [0.5, 0.6) is 0 Å². The van der Waals surface area contributed by atoms with Crippen LogP contribution >= 0.6 is 0 Å². The number of benzene rings is 1. The van der Waals surface area contributed by atoms with E-state index in [1.807, 2.05) is 44.2 Å². The Morgan fingerprint density at radius 3 is 2.24 bits per heavy atom. The molecule has 1 N–H and O–H groups in total. The van der Waals surface area contributed by atoms with Crippen molar-refractivity contribution in [1.29, 1.82) is 0 Å².